The molecule has 120 valence electrons. The van der Waals surface area contributed by atoms with Gasteiger partial charge in [0.15, 0.2) is 0 Å². The average Bonchev–Trinajstić information content (AvgIpc) is 3.00. The molecule has 1 aliphatic rings. The second-order valence-corrected chi connectivity index (χ2v) is 5.63. The predicted octanol–water partition coefficient (Wildman–Crippen LogP) is 4.01. The Labute approximate surface area is 137 Å². The zero-order valence-corrected chi connectivity index (χ0v) is 13.4. The summed E-state index contributed by atoms with van der Waals surface area (Å²) in [6, 6.07) is 20.4. The Morgan fingerprint density at radius 3 is 2.39 bits per heavy atom. The number of hydrogen-bond donors (Lipinski definition) is 0. The number of hydrogen-bond acceptors (Lipinski definition) is 3. The lowest BCUT2D eigenvalue weighted by molar-refractivity contribution is -0.0112. The molecule has 0 bridgehead atoms. The Kier molecular flexibility index (Phi) is 4.93. The van der Waals surface area contributed by atoms with Crippen LogP contribution in [-0.2, 0) is 11.3 Å². The minimum Gasteiger partial charge on any atom is -0.449 e. The molecule has 3 rings (SSSR count). The van der Waals surface area contributed by atoms with Crippen molar-refractivity contribution in [2.45, 2.75) is 25.9 Å². The van der Waals surface area contributed by atoms with E-state index in [1.165, 1.54) is 5.56 Å². The molecule has 0 N–H and O–H groups in total. The molecule has 1 amide bonds. The van der Waals surface area contributed by atoms with Gasteiger partial charge in [0.1, 0.15) is 0 Å². The molecular formula is C19H22N2O2. The number of amides is 1. The SMILES string of the molecule is CCOC(=O)N1C(c2ccccc2)CCN1Cc1ccccc1. The topological polar surface area (TPSA) is 32.8 Å². The van der Waals surface area contributed by atoms with Crippen molar-refractivity contribution in [1.29, 1.82) is 0 Å². The van der Waals surface area contributed by atoms with Gasteiger partial charge < -0.3 is 4.74 Å². The summed E-state index contributed by atoms with van der Waals surface area (Å²) in [5, 5.41) is 3.87. The number of ether oxygens (including phenoxy) is 1. The van der Waals surface area contributed by atoms with Gasteiger partial charge in [0.2, 0.25) is 0 Å². The lowest BCUT2D eigenvalue weighted by Crippen LogP contribution is -2.42. The molecule has 1 heterocycles. The Bertz CT molecular complexity index is 630. The van der Waals surface area contributed by atoms with Crippen molar-refractivity contribution in [3.8, 4) is 0 Å². The summed E-state index contributed by atoms with van der Waals surface area (Å²) in [4.78, 5) is 12.5. The molecule has 1 fully saturated rings. The number of rotatable bonds is 4. The van der Waals surface area contributed by atoms with Crippen LogP contribution in [0.3, 0.4) is 0 Å². The van der Waals surface area contributed by atoms with Gasteiger partial charge in [0.05, 0.1) is 12.6 Å². The number of benzene rings is 2. The Morgan fingerprint density at radius 2 is 1.74 bits per heavy atom. The van der Waals surface area contributed by atoms with Crippen molar-refractivity contribution in [1.82, 2.24) is 10.0 Å². The standard InChI is InChI=1S/C19H22N2O2/c1-2-23-19(22)21-18(17-11-7-4-8-12-17)13-14-20(21)15-16-9-5-3-6-10-16/h3-12,18H,2,13-15H2,1H3. The van der Waals surface area contributed by atoms with Crippen molar-refractivity contribution in [2.24, 2.45) is 0 Å². The van der Waals surface area contributed by atoms with E-state index in [9.17, 15) is 4.79 Å². The maximum absolute atomic E-state index is 12.5. The largest absolute Gasteiger partial charge is 0.449 e. The molecule has 1 atom stereocenters. The molecule has 0 aliphatic carbocycles. The van der Waals surface area contributed by atoms with Gasteiger partial charge in [0, 0.05) is 13.1 Å². The Morgan fingerprint density at radius 1 is 1.09 bits per heavy atom. The maximum atomic E-state index is 12.5. The van der Waals surface area contributed by atoms with E-state index in [4.69, 9.17) is 4.74 Å². The van der Waals surface area contributed by atoms with Crippen molar-refractivity contribution >= 4 is 6.09 Å². The molecule has 4 nitrogen and oxygen atoms in total. The van der Waals surface area contributed by atoms with Gasteiger partial charge in [-0.15, -0.1) is 0 Å². The Hall–Kier alpha value is -2.33. The molecular weight excluding hydrogens is 288 g/mol. The van der Waals surface area contributed by atoms with E-state index < -0.39 is 0 Å². The fourth-order valence-corrected chi connectivity index (χ4v) is 3.06. The van der Waals surface area contributed by atoms with Crippen molar-refractivity contribution in [2.75, 3.05) is 13.2 Å². The van der Waals surface area contributed by atoms with Gasteiger partial charge in [0.25, 0.3) is 0 Å². The van der Waals surface area contributed by atoms with E-state index in [0.29, 0.717) is 13.2 Å². The number of hydrazine groups is 1. The molecule has 0 aromatic heterocycles. The van der Waals surface area contributed by atoms with Gasteiger partial charge in [-0.25, -0.2) is 14.8 Å². The van der Waals surface area contributed by atoms with Crippen LogP contribution in [0.2, 0.25) is 0 Å². The van der Waals surface area contributed by atoms with Crippen LogP contribution in [0.4, 0.5) is 4.79 Å². The van der Waals surface area contributed by atoms with Gasteiger partial charge in [-0.1, -0.05) is 60.7 Å². The molecule has 1 aliphatic heterocycles. The number of carbonyl (C=O) groups is 1. The molecule has 0 spiro atoms. The van der Waals surface area contributed by atoms with Crippen molar-refractivity contribution in [3.05, 3.63) is 71.8 Å². The Balaban J connectivity index is 1.83. The second kappa shape index (κ2) is 7.29. The first kappa shape index (κ1) is 15.6. The fraction of sp³-hybridized carbons (Fsp3) is 0.316. The van der Waals surface area contributed by atoms with Crippen LogP contribution < -0.4 is 0 Å². The summed E-state index contributed by atoms with van der Waals surface area (Å²) in [7, 11) is 0. The van der Waals surface area contributed by atoms with E-state index in [1.54, 1.807) is 5.01 Å². The van der Waals surface area contributed by atoms with E-state index >= 15 is 0 Å². The summed E-state index contributed by atoms with van der Waals surface area (Å²) in [6.07, 6.45) is 0.644. The van der Waals surface area contributed by atoms with Crippen molar-refractivity contribution in [3.63, 3.8) is 0 Å². The monoisotopic (exact) mass is 310 g/mol. The molecule has 0 radical (unpaired) electrons. The predicted molar refractivity (Wildman–Crippen MR) is 89.5 cm³/mol. The van der Waals surface area contributed by atoms with Gasteiger partial charge in [-0.3, -0.25) is 0 Å². The third kappa shape index (κ3) is 3.54. The third-order valence-corrected chi connectivity index (χ3v) is 4.11. The highest BCUT2D eigenvalue weighted by atomic mass is 16.6. The van der Waals surface area contributed by atoms with E-state index in [-0.39, 0.29) is 12.1 Å². The molecule has 2 aromatic rings. The van der Waals surface area contributed by atoms with Gasteiger partial charge in [-0.05, 0) is 24.5 Å². The van der Waals surface area contributed by atoms with Crippen LogP contribution in [0, 0.1) is 0 Å². The molecule has 23 heavy (non-hydrogen) atoms. The summed E-state index contributed by atoms with van der Waals surface area (Å²) < 4.78 is 5.29. The fourth-order valence-electron chi connectivity index (χ4n) is 3.06. The first-order valence-corrected chi connectivity index (χ1v) is 8.09. The molecule has 2 aromatic carbocycles. The smallest absolute Gasteiger partial charge is 0.425 e. The first-order valence-electron chi connectivity index (χ1n) is 8.09. The van der Waals surface area contributed by atoms with Crippen molar-refractivity contribution < 1.29 is 9.53 Å². The maximum Gasteiger partial charge on any atom is 0.425 e. The van der Waals surface area contributed by atoms with Crippen LogP contribution in [0.1, 0.15) is 30.5 Å². The molecule has 1 saturated heterocycles. The third-order valence-electron chi connectivity index (χ3n) is 4.11. The van der Waals surface area contributed by atoms with E-state index in [2.05, 4.69) is 29.3 Å². The first-order chi connectivity index (χ1) is 11.3. The van der Waals surface area contributed by atoms with Crippen LogP contribution >= 0.6 is 0 Å². The van der Waals surface area contributed by atoms with Crippen LogP contribution in [0.25, 0.3) is 0 Å². The average molecular weight is 310 g/mol. The quantitative estimate of drug-likeness (QED) is 0.855. The molecule has 4 heteroatoms. The lowest BCUT2D eigenvalue weighted by Gasteiger charge is -2.31. The van der Waals surface area contributed by atoms with Gasteiger partial charge >= 0.3 is 6.09 Å². The highest BCUT2D eigenvalue weighted by Gasteiger charge is 2.37. The molecule has 0 saturated carbocycles. The highest BCUT2D eigenvalue weighted by Crippen LogP contribution is 2.33. The summed E-state index contributed by atoms with van der Waals surface area (Å²) in [6.45, 7) is 3.78. The number of nitrogens with zero attached hydrogens (tertiary/aromatic N) is 2. The van der Waals surface area contributed by atoms with Crippen LogP contribution in [0.5, 0.6) is 0 Å². The van der Waals surface area contributed by atoms with E-state index in [1.807, 2.05) is 43.3 Å². The van der Waals surface area contributed by atoms with Crippen LogP contribution in [-0.4, -0.2) is 29.3 Å². The minimum atomic E-state index is -0.269. The minimum absolute atomic E-state index is 0.0407. The summed E-state index contributed by atoms with van der Waals surface area (Å²) in [5.74, 6) is 0. The lowest BCUT2D eigenvalue weighted by atomic mass is 10.1. The zero-order chi connectivity index (χ0) is 16.1. The molecule has 1 unspecified atom stereocenters. The zero-order valence-electron chi connectivity index (χ0n) is 13.4. The summed E-state index contributed by atoms with van der Waals surface area (Å²) in [5.41, 5.74) is 2.34. The van der Waals surface area contributed by atoms with E-state index in [0.717, 1.165) is 18.5 Å². The summed E-state index contributed by atoms with van der Waals surface area (Å²) >= 11 is 0. The normalized spacial score (nSPS) is 18.1. The number of carbonyl (C=O) groups excluding carboxylic acids is 1. The van der Waals surface area contributed by atoms with Gasteiger partial charge in [-0.2, -0.15) is 0 Å². The second-order valence-electron chi connectivity index (χ2n) is 5.63. The van der Waals surface area contributed by atoms with Crippen LogP contribution in [0.15, 0.2) is 60.7 Å². The highest BCUT2D eigenvalue weighted by molar-refractivity contribution is 5.68.